The molecule has 1 atom stereocenters. The summed E-state index contributed by atoms with van der Waals surface area (Å²) >= 11 is 0. The van der Waals surface area contributed by atoms with Crippen LogP contribution in [-0.4, -0.2) is 51.1 Å². The fraction of sp³-hybridized carbons (Fsp3) is 0.353. The quantitative estimate of drug-likeness (QED) is 0.775. The van der Waals surface area contributed by atoms with Gasteiger partial charge in [-0.05, 0) is 36.8 Å². The number of carbonyl (C=O) groups excluding carboxylic acids is 2. The molecule has 1 saturated heterocycles. The van der Waals surface area contributed by atoms with Gasteiger partial charge in [0.25, 0.3) is 5.91 Å². The number of hydrogen-bond donors (Lipinski definition) is 3. The lowest BCUT2D eigenvalue weighted by Gasteiger charge is -2.15. The summed E-state index contributed by atoms with van der Waals surface area (Å²) in [4.78, 5) is 25.9. The fourth-order valence-corrected chi connectivity index (χ4v) is 2.84. The topological polar surface area (TPSA) is 98.3 Å². The number of aromatic nitrogens is 2. The van der Waals surface area contributed by atoms with E-state index in [4.69, 9.17) is 0 Å². The molecule has 0 radical (unpaired) electrons. The fourth-order valence-electron chi connectivity index (χ4n) is 2.84. The second-order valence-electron chi connectivity index (χ2n) is 5.93. The Morgan fingerprint density at radius 1 is 1.42 bits per heavy atom. The first kappa shape index (κ1) is 16.0. The summed E-state index contributed by atoms with van der Waals surface area (Å²) in [6, 6.07) is 8.07. The molecular formula is C17H20N4O3. The van der Waals surface area contributed by atoms with E-state index in [1.54, 1.807) is 35.2 Å². The third kappa shape index (κ3) is 3.40. The van der Waals surface area contributed by atoms with Crippen molar-refractivity contribution >= 4 is 11.8 Å². The summed E-state index contributed by atoms with van der Waals surface area (Å²) in [6.07, 6.45) is 1.24. The van der Waals surface area contributed by atoms with E-state index >= 15 is 0 Å². The van der Waals surface area contributed by atoms with Crippen molar-refractivity contribution in [3.8, 4) is 17.0 Å². The van der Waals surface area contributed by atoms with Crippen LogP contribution in [-0.2, 0) is 4.79 Å². The summed E-state index contributed by atoms with van der Waals surface area (Å²) in [7, 11) is 0. The largest absolute Gasteiger partial charge is 0.508 e. The van der Waals surface area contributed by atoms with E-state index in [-0.39, 0.29) is 23.6 Å². The SMILES string of the molecule is CCCN1C[C@H](NC(=O)c2cc(-c3ccc(O)cc3)n[nH]2)CC1=O. The molecule has 0 spiro atoms. The van der Waals surface area contributed by atoms with Crippen LogP contribution in [0, 0.1) is 0 Å². The molecule has 1 aliphatic rings. The number of amides is 2. The minimum absolute atomic E-state index is 0.0801. The predicted octanol–water partition coefficient (Wildman–Crippen LogP) is 1.52. The van der Waals surface area contributed by atoms with E-state index in [0.29, 0.717) is 24.4 Å². The first-order valence-electron chi connectivity index (χ1n) is 8.00. The number of phenols is 1. The Hall–Kier alpha value is -2.83. The van der Waals surface area contributed by atoms with Gasteiger partial charge in [-0.15, -0.1) is 0 Å². The third-order valence-corrected chi connectivity index (χ3v) is 4.03. The standard InChI is InChI=1S/C17H20N4O3/c1-2-7-21-10-12(8-16(21)23)18-17(24)15-9-14(19-20-15)11-3-5-13(22)6-4-11/h3-6,9,12,22H,2,7-8,10H2,1H3,(H,18,24)(H,19,20)/t12-/m1/s1. The average molecular weight is 328 g/mol. The number of aromatic hydroxyl groups is 1. The van der Waals surface area contributed by atoms with Crippen LogP contribution in [0.25, 0.3) is 11.3 Å². The predicted molar refractivity (Wildman–Crippen MR) is 88.4 cm³/mol. The van der Waals surface area contributed by atoms with Crippen LogP contribution in [0.3, 0.4) is 0 Å². The monoisotopic (exact) mass is 328 g/mol. The molecule has 7 nitrogen and oxygen atoms in total. The number of H-pyrrole nitrogens is 1. The molecule has 3 N–H and O–H groups in total. The van der Waals surface area contributed by atoms with Gasteiger partial charge in [0.05, 0.1) is 11.7 Å². The summed E-state index contributed by atoms with van der Waals surface area (Å²) in [5.41, 5.74) is 1.77. The minimum atomic E-state index is -0.274. The van der Waals surface area contributed by atoms with E-state index in [9.17, 15) is 14.7 Å². The zero-order valence-electron chi connectivity index (χ0n) is 13.5. The molecule has 1 fully saturated rings. The summed E-state index contributed by atoms with van der Waals surface area (Å²) in [5.74, 6) is -0.0185. The highest BCUT2D eigenvalue weighted by Gasteiger charge is 2.30. The van der Waals surface area contributed by atoms with Gasteiger partial charge in [-0.25, -0.2) is 0 Å². The van der Waals surface area contributed by atoms with E-state index in [2.05, 4.69) is 15.5 Å². The van der Waals surface area contributed by atoms with Gasteiger partial charge in [-0.1, -0.05) is 6.92 Å². The Balaban J connectivity index is 1.64. The van der Waals surface area contributed by atoms with Crippen molar-refractivity contribution in [2.45, 2.75) is 25.8 Å². The van der Waals surface area contributed by atoms with Crippen LogP contribution in [0.1, 0.15) is 30.3 Å². The molecule has 0 bridgehead atoms. The van der Waals surface area contributed by atoms with Crippen LogP contribution in [0.4, 0.5) is 0 Å². The van der Waals surface area contributed by atoms with Crippen molar-refractivity contribution in [3.05, 3.63) is 36.0 Å². The second kappa shape index (κ2) is 6.74. The summed E-state index contributed by atoms with van der Waals surface area (Å²) in [5, 5.41) is 19.0. The van der Waals surface area contributed by atoms with E-state index < -0.39 is 0 Å². The van der Waals surface area contributed by atoms with Gasteiger partial charge in [0.15, 0.2) is 0 Å². The smallest absolute Gasteiger partial charge is 0.269 e. The Labute approximate surface area is 139 Å². The van der Waals surface area contributed by atoms with E-state index in [0.717, 1.165) is 18.5 Å². The Morgan fingerprint density at radius 3 is 2.88 bits per heavy atom. The van der Waals surface area contributed by atoms with Gasteiger partial charge in [0, 0.05) is 25.1 Å². The van der Waals surface area contributed by atoms with Gasteiger partial charge in [0.2, 0.25) is 5.91 Å². The van der Waals surface area contributed by atoms with Crippen LogP contribution < -0.4 is 5.32 Å². The molecule has 2 aromatic rings. The molecule has 0 saturated carbocycles. The number of aromatic amines is 1. The van der Waals surface area contributed by atoms with E-state index in [1.807, 2.05) is 6.92 Å². The number of nitrogens with one attached hydrogen (secondary N) is 2. The second-order valence-corrected chi connectivity index (χ2v) is 5.93. The van der Waals surface area contributed by atoms with Gasteiger partial charge in [-0.3, -0.25) is 14.7 Å². The first-order chi connectivity index (χ1) is 11.6. The lowest BCUT2D eigenvalue weighted by Crippen LogP contribution is -2.37. The Morgan fingerprint density at radius 2 is 2.17 bits per heavy atom. The van der Waals surface area contributed by atoms with E-state index in [1.165, 1.54) is 0 Å². The molecule has 2 amide bonds. The van der Waals surface area contributed by atoms with Crippen molar-refractivity contribution in [1.82, 2.24) is 20.4 Å². The summed E-state index contributed by atoms with van der Waals surface area (Å²) < 4.78 is 0. The average Bonchev–Trinajstić information content (AvgIpc) is 3.16. The number of rotatable bonds is 5. The highest BCUT2D eigenvalue weighted by Crippen LogP contribution is 2.20. The van der Waals surface area contributed by atoms with Crippen molar-refractivity contribution < 1.29 is 14.7 Å². The zero-order chi connectivity index (χ0) is 17.1. The lowest BCUT2D eigenvalue weighted by molar-refractivity contribution is -0.127. The molecule has 0 aliphatic carbocycles. The maximum Gasteiger partial charge on any atom is 0.269 e. The molecule has 1 aromatic heterocycles. The van der Waals surface area contributed by atoms with Gasteiger partial charge >= 0.3 is 0 Å². The molecule has 7 heteroatoms. The van der Waals surface area contributed by atoms with Crippen molar-refractivity contribution in [1.29, 1.82) is 0 Å². The molecule has 24 heavy (non-hydrogen) atoms. The molecule has 3 rings (SSSR count). The molecular weight excluding hydrogens is 308 g/mol. The third-order valence-electron chi connectivity index (χ3n) is 4.03. The maximum atomic E-state index is 12.3. The molecule has 1 aromatic carbocycles. The number of hydrogen-bond acceptors (Lipinski definition) is 4. The minimum Gasteiger partial charge on any atom is -0.508 e. The number of nitrogens with zero attached hydrogens (tertiary/aromatic N) is 2. The molecule has 1 aliphatic heterocycles. The highest BCUT2D eigenvalue weighted by molar-refractivity contribution is 5.94. The summed E-state index contributed by atoms with van der Waals surface area (Å²) in [6.45, 7) is 3.30. The number of carbonyl (C=O) groups is 2. The van der Waals surface area contributed by atoms with Gasteiger partial charge in [0.1, 0.15) is 11.4 Å². The molecule has 2 heterocycles. The molecule has 0 unspecified atom stereocenters. The van der Waals surface area contributed by atoms with Crippen molar-refractivity contribution in [2.24, 2.45) is 0 Å². The first-order valence-corrected chi connectivity index (χ1v) is 8.00. The number of likely N-dealkylation sites (tertiary alicyclic amines) is 1. The van der Waals surface area contributed by atoms with Crippen molar-refractivity contribution in [2.75, 3.05) is 13.1 Å². The van der Waals surface area contributed by atoms with Crippen LogP contribution in [0.5, 0.6) is 5.75 Å². The number of benzene rings is 1. The van der Waals surface area contributed by atoms with Crippen LogP contribution >= 0.6 is 0 Å². The Bertz CT molecular complexity index is 739. The van der Waals surface area contributed by atoms with Gasteiger partial charge < -0.3 is 15.3 Å². The number of phenolic OH excluding ortho intramolecular Hbond substituents is 1. The lowest BCUT2D eigenvalue weighted by atomic mass is 10.1. The van der Waals surface area contributed by atoms with Crippen LogP contribution in [0.2, 0.25) is 0 Å². The van der Waals surface area contributed by atoms with Gasteiger partial charge in [-0.2, -0.15) is 5.10 Å². The molecule has 126 valence electrons. The van der Waals surface area contributed by atoms with Crippen LogP contribution in [0.15, 0.2) is 30.3 Å². The normalized spacial score (nSPS) is 17.3. The Kier molecular flexibility index (Phi) is 4.50. The highest BCUT2D eigenvalue weighted by atomic mass is 16.3. The van der Waals surface area contributed by atoms with Crippen molar-refractivity contribution in [3.63, 3.8) is 0 Å². The zero-order valence-corrected chi connectivity index (χ0v) is 13.5. The maximum absolute atomic E-state index is 12.3.